The maximum atomic E-state index is 11.6. The van der Waals surface area contributed by atoms with E-state index in [1.54, 1.807) is 12.1 Å². The summed E-state index contributed by atoms with van der Waals surface area (Å²) in [5.41, 5.74) is 2.27. The van der Waals surface area contributed by atoms with Crippen LogP contribution in [-0.4, -0.2) is 29.6 Å². The van der Waals surface area contributed by atoms with Gasteiger partial charge in [-0.05, 0) is 30.7 Å². The zero-order chi connectivity index (χ0) is 19.1. The molecule has 0 aliphatic carbocycles. The summed E-state index contributed by atoms with van der Waals surface area (Å²) in [6.07, 6.45) is 1.00. The Kier molecular flexibility index (Phi) is 5.99. The molecule has 0 aliphatic heterocycles. The number of rotatable bonds is 7. The molecule has 0 atom stereocenters. The maximum Gasteiger partial charge on any atom is 0.337 e. The number of nitrogens with zero attached hydrogens (tertiary/aromatic N) is 2. The number of carbonyl (C=O) groups is 1. The van der Waals surface area contributed by atoms with Gasteiger partial charge in [-0.2, -0.15) is 0 Å². The molecule has 3 aromatic rings. The van der Waals surface area contributed by atoms with Crippen molar-refractivity contribution in [1.82, 2.24) is 9.97 Å². The lowest BCUT2D eigenvalue weighted by Crippen LogP contribution is -2.06. The number of carbonyl (C=O) groups excluding carboxylic acids is 1. The van der Waals surface area contributed by atoms with Crippen molar-refractivity contribution < 1.29 is 9.53 Å². The van der Waals surface area contributed by atoms with E-state index in [1.165, 1.54) is 7.11 Å². The van der Waals surface area contributed by atoms with Gasteiger partial charge in [-0.25, -0.2) is 14.8 Å². The first kappa shape index (κ1) is 18.4. The first-order valence-corrected chi connectivity index (χ1v) is 8.83. The van der Waals surface area contributed by atoms with Gasteiger partial charge in [0.05, 0.1) is 12.7 Å². The Morgan fingerprint density at radius 3 is 2.37 bits per heavy atom. The van der Waals surface area contributed by atoms with E-state index in [1.807, 2.05) is 48.5 Å². The van der Waals surface area contributed by atoms with Gasteiger partial charge < -0.3 is 15.4 Å². The lowest BCUT2D eigenvalue weighted by atomic mass is 10.2. The van der Waals surface area contributed by atoms with Gasteiger partial charge in [-0.3, -0.25) is 0 Å². The van der Waals surface area contributed by atoms with Gasteiger partial charge in [0, 0.05) is 23.9 Å². The summed E-state index contributed by atoms with van der Waals surface area (Å²) < 4.78 is 4.72. The summed E-state index contributed by atoms with van der Waals surface area (Å²) in [7, 11) is 1.37. The van der Waals surface area contributed by atoms with Crippen molar-refractivity contribution in [3.8, 4) is 11.4 Å². The predicted molar refractivity (Wildman–Crippen MR) is 107 cm³/mol. The highest BCUT2D eigenvalue weighted by Gasteiger charge is 2.08. The van der Waals surface area contributed by atoms with E-state index in [0.29, 0.717) is 17.2 Å². The van der Waals surface area contributed by atoms with Gasteiger partial charge in [-0.15, -0.1) is 0 Å². The minimum Gasteiger partial charge on any atom is -0.465 e. The number of anilines is 3. The van der Waals surface area contributed by atoms with E-state index in [2.05, 4.69) is 27.5 Å². The minimum atomic E-state index is -0.360. The largest absolute Gasteiger partial charge is 0.465 e. The van der Waals surface area contributed by atoms with E-state index in [-0.39, 0.29) is 5.97 Å². The van der Waals surface area contributed by atoms with Gasteiger partial charge in [0.25, 0.3) is 0 Å². The summed E-state index contributed by atoms with van der Waals surface area (Å²) >= 11 is 0. The highest BCUT2D eigenvalue weighted by atomic mass is 16.5. The number of nitrogens with one attached hydrogen (secondary N) is 2. The zero-order valence-corrected chi connectivity index (χ0v) is 15.4. The Morgan fingerprint density at radius 2 is 1.70 bits per heavy atom. The average molecular weight is 362 g/mol. The number of hydrogen-bond acceptors (Lipinski definition) is 6. The second-order valence-corrected chi connectivity index (χ2v) is 5.95. The predicted octanol–water partition coefficient (Wildman–Crippen LogP) is 4.50. The van der Waals surface area contributed by atoms with Crippen molar-refractivity contribution in [1.29, 1.82) is 0 Å². The third-order valence-electron chi connectivity index (χ3n) is 3.89. The third kappa shape index (κ3) is 4.82. The first-order chi connectivity index (χ1) is 13.2. The van der Waals surface area contributed by atoms with Crippen molar-refractivity contribution >= 4 is 23.3 Å². The third-order valence-corrected chi connectivity index (χ3v) is 3.89. The van der Waals surface area contributed by atoms with Crippen LogP contribution in [0.4, 0.5) is 17.3 Å². The van der Waals surface area contributed by atoms with Crippen LogP contribution >= 0.6 is 0 Å². The van der Waals surface area contributed by atoms with Crippen LogP contribution < -0.4 is 10.6 Å². The molecule has 0 unspecified atom stereocenters. The Bertz CT molecular complexity index is 896. The summed E-state index contributed by atoms with van der Waals surface area (Å²) in [4.78, 5) is 20.8. The van der Waals surface area contributed by atoms with Crippen molar-refractivity contribution in [2.45, 2.75) is 13.3 Å². The number of ether oxygens (including phenoxy) is 1. The minimum absolute atomic E-state index is 0.360. The molecule has 0 saturated heterocycles. The van der Waals surface area contributed by atoms with Crippen molar-refractivity contribution in [3.05, 3.63) is 66.2 Å². The van der Waals surface area contributed by atoms with Crippen LogP contribution in [0.1, 0.15) is 23.7 Å². The molecule has 6 nitrogen and oxygen atoms in total. The molecule has 6 heteroatoms. The number of esters is 1. The topological polar surface area (TPSA) is 76.1 Å². The highest BCUT2D eigenvalue weighted by molar-refractivity contribution is 5.89. The molecule has 0 bridgehead atoms. The second-order valence-electron chi connectivity index (χ2n) is 5.95. The van der Waals surface area contributed by atoms with Crippen LogP contribution in [0, 0.1) is 0 Å². The van der Waals surface area contributed by atoms with Gasteiger partial charge in [0.1, 0.15) is 11.6 Å². The van der Waals surface area contributed by atoms with Gasteiger partial charge in [0.2, 0.25) is 0 Å². The maximum absolute atomic E-state index is 11.6. The van der Waals surface area contributed by atoms with Crippen molar-refractivity contribution in [3.63, 3.8) is 0 Å². The molecular formula is C21H22N4O2. The van der Waals surface area contributed by atoms with Crippen molar-refractivity contribution in [2.24, 2.45) is 0 Å². The molecule has 27 heavy (non-hydrogen) atoms. The van der Waals surface area contributed by atoms with Crippen LogP contribution in [0.3, 0.4) is 0 Å². The molecule has 138 valence electrons. The second kappa shape index (κ2) is 8.80. The van der Waals surface area contributed by atoms with Crippen LogP contribution in [0.2, 0.25) is 0 Å². The molecule has 3 rings (SSSR count). The number of aromatic nitrogens is 2. The van der Waals surface area contributed by atoms with E-state index < -0.39 is 0 Å². The zero-order valence-electron chi connectivity index (χ0n) is 15.4. The molecule has 1 heterocycles. The normalized spacial score (nSPS) is 10.3. The van der Waals surface area contributed by atoms with Crippen LogP contribution in [-0.2, 0) is 4.74 Å². The molecule has 0 saturated carbocycles. The molecule has 0 spiro atoms. The fourth-order valence-electron chi connectivity index (χ4n) is 2.53. The number of methoxy groups -OCH3 is 1. The summed E-state index contributed by atoms with van der Waals surface area (Å²) in [5, 5.41) is 6.58. The van der Waals surface area contributed by atoms with E-state index >= 15 is 0 Å². The van der Waals surface area contributed by atoms with Gasteiger partial charge >= 0.3 is 5.97 Å². The van der Waals surface area contributed by atoms with E-state index in [9.17, 15) is 4.79 Å². The summed E-state index contributed by atoms with van der Waals surface area (Å²) in [6.45, 7) is 2.94. The molecule has 2 aromatic carbocycles. The Hall–Kier alpha value is -3.41. The summed E-state index contributed by atoms with van der Waals surface area (Å²) in [6, 6.07) is 18.8. The molecule has 0 aliphatic rings. The lowest BCUT2D eigenvalue weighted by molar-refractivity contribution is 0.0601. The van der Waals surface area contributed by atoms with Crippen LogP contribution in [0.15, 0.2) is 60.7 Å². The molecule has 1 aromatic heterocycles. The van der Waals surface area contributed by atoms with Gasteiger partial charge in [0.15, 0.2) is 5.82 Å². The van der Waals surface area contributed by atoms with E-state index in [0.717, 1.165) is 30.0 Å². The van der Waals surface area contributed by atoms with Crippen LogP contribution in [0.5, 0.6) is 0 Å². The van der Waals surface area contributed by atoms with Gasteiger partial charge in [-0.1, -0.05) is 37.3 Å². The Morgan fingerprint density at radius 1 is 1.00 bits per heavy atom. The Balaban J connectivity index is 1.88. The molecule has 0 amide bonds. The number of hydrogen-bond donors (Lipinski definition) is 2. The average Bonchev–Trinajstić information content (AvgIpc) is 2.72. The monoisotopic (exact) mass is 362 g/mol. The lowest BCUT2D eigenvalue weighted by Gasteiger charge is -2.11. The molecular weight excluding hydrogens is 340 g/mol. The van der Waals surface area contributed by atoms with E-state index in [4.69, 9.17) is 4.74 Å². The van der Waals surface area contributed by atoms with Crippen molar-refractivity contribution in [2.75, 3.05) is 24.3 Å². The summed E-state index contributed by atoms with van der Waals surface area (Å²) in [5.74, 6) is 1.72. The Labute approximate surface area is 158 Å². The van der Waals surface area contributed by atoms with Crippen LogP contribution in [0.25, 0.3) is 11.4 Å². The highest BCUT2D eigenvalue weighted by Crippen LogP contribution is 2.23. The fourth-order valence-corrected chi connectivity index (χ4v) is 2.53. The quantitative estimate of drug-likeness (QED) is 0.603. The smallest absolute Gasteiger partial charge is 0.337 e. The molecule has 2 N–H and O–H groups in total. The molecule has 0 radical (unpaired) electrons. The SMILES string of the molecule is CCCNc1cc(Nc2ccc(C(=O)OC)cc2)nc(-c2ccccc2)n1. The number of benzene rings is 2. The first-order valence-electron chi connectivity index (χ1n) is 8.83. The fraction of sp³-hybridized carbons (Fsp3) is 0.190. The standard InChI is InChI=1S/C21H22N4O2/c1-3-13-22-18-14-19(25-20(24-18)15-7-5-4-6-8-15)23-17-11-9-16(10-12-17)21(26)27-2/h4-12,14H,3,13H2,1-2H3,(H2,22,23,24,25). The molecule has 0 fully saturated rings.